The molecule has 10 rings (SSSR count). The first-order chi connectivity index (χ1) is 23.3. The van der Waals surface area contributed by atoms with Gasteiger partial charge in [-0.25, -0.2) is 0 Å². The maximum absolute atomic E-state index is 2.73. The van der Waals surface area contributed by atoms with Crippen LogP contribution >= 0.6 is 0 Å². The van der Waals surface area contributed by atoms with Crippen LogP contribution in [0.1, 0.15) is 131 Å². The maximum atomic E-state index is 2.73. The number of rotatable bonds is 3. The predicted molar refractivity (Wildman–Crippen MR) is 203 cm³/mol. The van der Waals surface area contributed by atoms with E-state index < -0.39 is 0 Å². The molecule has 0 amide bonds. The van der Waals surface area contributed by atoms with Gasteiger partial charge in [-0.2, -0.15) is 0 Å². The Morgan fingerprint density at radius 3 is 1.94 bits per heavy atom. The lowest BCUT2D eigenvalue weighted by Crippen LogP contribution is -2.66. The molecule has 0 bridgehead atoms. The second-order valence-corrected chi connectivity index (χ2v) is 17.9. The van der Waals surface area contributed by atoms with Gasteiger partial charge >= 0.3 is 0 Å². The van der Waals surface area contributed by atoms with E-state index in [9.17, 15) is 0 Å². The zero-order valence-corrected chi connectivity index (χ0v) is 30.1. The fraction of sp³-hybridized carbons (Fsp3) is 0.500. The summed E-state index contributed by atoms with van der Waals surface area (Å²) in [5, 5.41) is 3.06. The Bertz CT molecular complexity index is 1980. The van der Waals surface area contributed by atoms with Crippen molar-refractivity contribution >= 4 is 21.9 Å². The van der Waals surface area contributed by atoms with Crippen LogP contribution in [0.25, 0.3) is 33.0 Å². The van der Waals surface area contributed by atoms with E-state index in [1.807, 2.05) is 0 Å². The highest BCUT2D eigenvalue weighted by Gasteiger charge is 2.70. The topological polar surface area (TPSA) is 0 Å². The highest BCUT2D eigenvalue weighted by atomic mass is 14.7. The molecule has 0 heterocycles. The van der Waals surface area contributed by atoms with Crippen molar-refractivity contribution in [2.75, 3.05) is 0 Å². The molecule has 0 saturated heterocycles. The summed E-state index contributed by atoms with van der Waals surface area (Å²) in [6.07, 6.45) is 15.4. The molecular weight excluding hydrogens is 577 g/mol. The van der Waals surface area contributed by atoms with Crippen LogP contribution in [-0.4, -0.2) is 0 Å². The second kappa shape index (κ2) is 10.4. The molecule has 4 aromatic carbocycles. The Morgan fingerprint density at radius 2 is 1.27 bits per heavy atom. The van der Waals surface area contributed by atoms with Gasteiger partial charge in [0.25, 0.3) is 0 Å². The van der Waals surface area contributed by atoms with Gasteiger partial charge in [0.1, 0.15) is 0 Å². The van der Waals surface area contributed by atoms with Gasteiger partial charge in [-0.05, 0) is 121 Å². The minimum absolute atomic E-state index is 0.0210. The summed E-state index contributed by atoms with van der Waals surface area (Å²) in [5.41, 5.74) is 17.8. The molecule has 0 radical (unpaired) electrons. The van der Waals surface area contributed by atoms with E-state index in [1.54, 1.807) is 49.9 Å². The fourth-order valence-corrected chi connectivity index (χ4v) is 13.7. The zero-order chi connectivity index (χ0) is 32.5. The van der Waals surface area contributed by atoms with Crippen LogP contribution in [0.3, 0.4) is 0 Å². The molecule has 2 unspecified atom stereocenters. The molecule has 0 heteroatoms. The van der Waals surface area contributed by atoms with E-state index in [-0.39, 0.29) is 10.8 Å². The van der Waals surface area contributed by atoms with Gasteiger partial charge in [0.05, 0.1) is 0 Å². The molecule has 6 aliphatic carbocycles. The normalized spacial score (nSPS) is 28.8. The Labute approximate surface area is 289 Å². The first-order valence-electron chi connectivity index (χ1n) is 19.9. The maximum Gasteiger partial charge on any atom is 0.0288 e. The molecule has 0 nitrogen and oxygen atoms in total. The summed E-state index contributed by atoms with van der Waals surface area (Å²) in [6.45, 7) is 12.7. The Kier molecular flexibility index (Phi) is 6.48. The van der Waals surface area contributed by atoms with Crippen molar-refractivity contribution in [1.82, 2.24) is 0 Å². The first kappa shape index (κ1) is 29.8. The van der Waals surface area contributed by atoms with E-state index in [1.165, 1.54) is 86.3 Å². The Morgan fingerprint density at radius 1 is 0.646 bits per heavy atom. The summed E-state index contributed by atoms with van der Waals surface area (Å²) in [6, 6.07) is 27.0. The van der Waals surface area contributed by atoms with Crippen LogP contribution in [0.2, 0.25) is 0 Å². The molecule has 48 heavy (non-hydrogen) atoms. The Balaban J connectivity index is 1.31. The van der Waals surface area contributed by atoms with Crippen LogP contribution < -0.4 is 0 Å². The molecular formula is C48H54. The monoisotopic (exact) mass is 630 g/mol. The smallest absolute Gasteiger partial charge is 0.0288 e. The zero-order valence-electron chi connectivity index (χ0n) is 30.1. The standard InChI is InChI=1S/C48H54/c1-28(2)40-42(30-16-8-6-9-17-30)48(43(40)31-18-10-7-11-19-31)39-25-24-36-37-27-32-20-12-13-22-34(32)44(37)47(4,5)46(36)41(39)38-26-29(3)33-21-14-15-23-35(33)45(38)48/h12-15,20-26,28,30-31,40,42-43H,6-11,16-19,27H2,1-5H3. The fourth-order valence-electron chi connectivity index (χ4n) is 13.7. The van der Waals surface area contributed by atoms with Crippen molar-refractivity contribution in [3.8, 4) is 11.1 Å². The minimum atomic E-state index is -0.0210. The van der Waals surface area contributed by atoms with Gasteiger partial charge in [0.15, 0.2) is 0 Å². The predicted octanol–water partition coefficient (Wildman–Crippen LogP) is 12.9. The van der Waals surface area contributed by atoms with Gasteiger partial charge in [-0.3, -0.25) is 0 Å². The lowest BCUT2D eigenvalue weighted by molar-refractivity contribution is -0.130. The third kappa shape index (κ3) is 3.63. The van der Waals surface area contributed by atoms with E-state index in [4.69, 9.17) is 0 Å². The molecule has 3 saturated carbocycles. The van der Waals surface area contributed by atoms with E-state index in [0.717, 1.165) is 41.9 Å². The quantitative estimate of drug-likeness (QED) is 0.211. The van der Waals surface area contributed by atoms with Gasteiger partial charge in [0, 0.05) is 10.8 Å². The van der Waals surface area contributed by atoms with Crippen molar-refractivity contribution in [3.05, 3.63) is 106 Å². The first-order valence-corrected chi connectivity index (χ1v) is 19.9. The molecule has 6 aliphatic rings. The summed E-state index contributed by atoms with van der Waals surface area (Å²) in [7, 11) is 0. The SMILES string of the molecule is Cc1cc2c(c3ccccc13)C1(c3ccc4c(c3-2)C(C)(C)C2=C4Cc3ccccc32)C(C2CCCCC2)C(C(C)C)C1C1CCCCC1. The molecule has 0 aromatic heterocycles. The van der Waals surface area contributed by atoms with Gasteiger partial charge in [0.2, 0.25) is 0 Å². The number of hydrogen-bond acceptors (Lipinski definition) is 0. The third-order valence-corrected chi connectivity index (χ3v) is 15.1. The molecule has 2 atom stereocenters. The summed E-state index contributed by atoms with van der Waals surface area (Å²) in [4.78, 5) is 0. The minimum Gasteiger partial charge on any atom is -0.0625 e. The van der Waals surface area contributed by atoms with Crippen LogP contribution in [0.4, 0.5) is 0 Å². The number of allylic oxidation sites excluding steroid dienone is 2. The number of benzene rings is 4. The average Bonchev–Trinajstić information content (AvgIpc) is 3.70. The van der Waals surface area contributed by atoms with Gasteiger partial charge < -0.3 is 0 Å². The lowest BCUT2D eigenvalue weighted by atomic mass is 9.35. The molecule has 1 spiro atoms. The Hall–Kier alpha value is -3.12. The average molecular weight is 631 g/mol. The van der Waals surface area contributed by atoms with Gasteiger partial charge in [-0.15, -0.1) is 0 Å². The van der Waals surface area contributed by atoms with Gasteiger partial charge in [-0.1, -0.05) is 159 Å². The van der Waals surface area contributed by atoms with Crippen LogP contribution in [0.5, 0.6) is 0 Å². The lowest BCUT2D eigenvalue weighted by Gasteiger charge is -2.68. The summed E-state index contributed by atoms with van der Waals surface area (Å²) >= 11 is 0. The molecule has 0 N–H and O–H groups in total. The third-order valence-electron chi connectivity index (χ3n) is 15.1. The summed E-state index contributed by atoms with van der Waals surface area (Å²) in [5.74, 6) is 4.68. The molecule has 4 aromatic rings. The van der Waals surface area contributed by atoms with E-state index in [0.29, 0.717) is 0 Å². The number of aryl methyl sites for hydroxylation is 1. The molecule has 3 fully saturated rings. The van der Waals surface area contributed by atoms with Crippen molar-refractivity contribution in [1.29, 1.82) is 0 Å². The van der Waals surface area contributed by atoms with E-state index in [2.05, 4.69) is 101 Å². The highest BCUT2D eigenvalue weighted by molar-refractivity contribution is 6.10. The van der Waals surface area contributed by atoms with Crippen molar-refractivity contribution in [2.45, 2.75) is 116 Å². The summed E-state index contributed by atoms with van der Waals surface area (Å²) < 4.78 is 0. The van der Waals surface area contributed by atoms with Crippen molar-refractivity contribution < 1.29 is 0 Å². The number of hydrogen-bond donors (Lipinski definition) is 0. The highest BCUT2D eigenvalue weighted by Crippen LogP contribution is 2.76. The molecule has 0 aliphatic heterocycles. The largest absolute Gasteiger partial charge is 0.0625 e. The van der Waals surface area contributed by atoms with Crippen LogP contribution in [-0.2, 0) is 17.3 Å². The van der Waals surface area contributed by atoms with Crippen molar-refractivity contribution in [2.24, 2.45) is 35.5 Å². The van der Waals surface area contributed by atoms with Crippen molar-refractivity contribution in [3.63, 3.8) is 0 Å². The van der Waals surface area contributed by atoms with Crippen LogP contribution in [0, 0.1) is 42.4 Å². The van der Waals surface area contributed by atoms with Crippen LogP contribution in [0.15, 0.2) is 66.7 Å². The number of fused-ring (bicyclic) bond motifs is 12. The van der Waals surface area contributed by atoms with E-state index >= 15 is 0 Å². The molecule has 246 valence electrons. The second-order valence-electron chi connectivity index (χ2n) is 17.9.